The second-order valence-corrected chi connectivity index (χ2v) is 8.01. The number of amides is 1. The molecule has 8 nitrogen and oxygen atoms in total. The first-order valence-corrected chi connectivity index (χ1v) is 10.9. The Labute approximate surface area is 193 Å². The predicted molar refractivity (Wildman–Crippen MR) is 127 cm³/mol. The number of thiophene rings is 1. The molecule has 3 heterocycles. The van der Waals surface area contributed by atoms with Crippen molar-refractivity contribution in [1.29, 1.82) is 0 Å². The molecule has 0 aliphatic carbocycles. The van der Waals surface area contributed by atoms with Crippen molar-refractivity contribution in [2.75, 3.05) is 19.5 Å². The van der Waals surface area contributed by atoms with Gasteiger partial charge in [0.1, 0.15) is 0 Å². The van der Waals surface area contributed by atoms with Crippen molar-refractivity contribution in [1.82, 2.24) is 19.8 Å². The third-order valence-corrected chi connectivity index (χ3v) is 5.93. The van der Waals surface area contributed by atoms with Gasteiger partial charge in [-0.05, 0) is 47.8 Å². The number of nitrogens with zero attached hydrogens (tertiary/aromatic N) is 4. The van der Waals surface area contributed by atoms with Gasteiger partial charge in [-0.2, -0.15) is 9.61 Å². The number of hydrogen-bond acceptors (Lipinski definition) is 7. The highest BCUT2D eigenvalue weighted by atomic mass is 32.1. The number of aromatic nitrogens is 4. The SMILES string of the molecule is COc1cccc(C(=O)Nc2cccc(-c3ccc4nnc(-c5cccs5)n4n3)c2)c1OC. The zero-order valence-corrected chi connectivity index (χ0v) is 18.7. The third-order valence-electron chi connectivity index (χ3n) is 5.07. The Kier molecular flexibility index (Phi) is 5.45. The number of fused-ring (bicyclic) bond motifs is 1. The smallest absolute Gasteiger partial charge is 0.259 e. The molecule has 3 aromatic heterocycles. The predicted octanol–water partition coefficient (Wildman–Crippen LogP) is 4.79. The summed E-state index contributed by atoms with van der Waals surface area (Å²) in [4.78, 5) is 13.9. The van der Waals surface area contributed by atoms with Gasteiger partial charge >= 0.3 is 0 Å². The summed E-state index contributed by atoms with van der Waals surface area (Å²) in [5.74, 6) is 1.27. The number of para-hydroxylation sites is 1. The van der Waals surface area contributed by atoms with Gasteiger partial charge in [-0.25, -0.2) is 0 Å². The highest BCUT2D eigenvalue weighted by Gasteiger charge is 2.17. The largest absolute Gasteiger partial charge is 0.493 e. The molecular weight excluding hydrogens is 438 g/mol. The van der Waals surface area contributed by atoms with Crippen LogP contribution >= 0.6 is 11.3 Å². The van der Waals surface area contributed by atoms with E-state index in [1.165, 1.54) is 14.2 Å². The van der Waals surface area contributed by atoms with Gasteiger partial charge in [0.05, 0.1) is 30.4 Å². The molecule has 0 bridgehead atoms. The van der Waals surface area contributed by atoms with Crippen molar-refractivity contribution in [3.8, 4) is 33.5 Å². The van der Waals surface area contributed by atoms with Crippen LogP contribution in [0, 0.1) is 0 Å². The van der Waals surface area contributed by atoms with Crippen molar-refractivity contribution >= 4 is 28.6 Å². The molecule has 0 fully saturated rings. The normalized spacial score (nSPS) is 10.8. The highest BCUT2D eigenvalue weighted by Crippen LogP contribution is 2.31. The molecular formula is C24H19N5O3S. The number of methoxy groups -OCH3 is 2. The Morgan fingerprint density at radius 3 is 2.64 bits per heavy atom. The van der Waals surface area contributed by atoms with Crippen molar-refractivity contribution in [3.63, 3.8) is 0 Å². The average Bonchev–Trinajstić information content (AvgIpc) is 3.53. The number of ether oxygens (including phenoxy) is 2. The quantitative estimate of drug-likeness (QED) is 0.394. The molecule has 5 rings (SSSR count). The molecule has 0 atom stereocenters. The topological polar surface area (TPSA) is 90.6 Å². The lowest BCUT2D eigenvalue weighted by Gasteiger charge is -2.13. The Balaban J connectivity index is 1.46. The van der Waals surface area contributed by atoms with Crippen LogP contribution in [0.3, 0.4) is 0 Å². The van der Waals surface area contributed by atoms with Crippen LogP contribution in [0.25, 0.3) is 27.6 Å². The molecule has 0 unspecified atom stereocenters. The van der Waals surface area contributed by atoms with Gasteiger partial charge in [-0.3, -0.25) is 4.79 Å². The third kappa shape index (κ3) is 3.90. The van der Waals surface area contributed by atoms with Gasteiger partial charge in [0.15, 0.2) is 23.0 Å². The molecule has 1 amide bonds. The maximum Gasteiger partial charge on any atom is 0.259 e. The van der Waals surface area contributed by atoms with Gasteiger partial charge in [-0.15, -0.1) is 21.5 Å². The lowest BCUT2D eigenvalue weighted by molar-refractivity contribution is 0.102. The van der Waals surface area contributed by atoms with Crippen molar-refractivity contribution in [2.24, 2.45) is 0 Å². The fourth-order valence-electron chi connectivity index (χ4n) is 3.52. The summed E-state index contributed by atoms with van der Waals surface area (Å²) in [5.41, 5.74) is 3.25. The van der Waals surface area contributed by atoms with Crippen molar-refractivity contribution in [2.45, 2.75) is 0 Å². The monoisotopic (exact) mass is 457 g/mol. The van der Waals surface area contributed by atoms with E-state index < -0.39 is 0 Å². The van der Waals surface area contributed by atoms with Gasteiger partial charge in [0.2, 0.25) is 0 Å². The molecule has 9 heteroatoms. The minimum absolute atomic E-state index is 0.301. The summed E-state index contributed by atoms with van der Waals surface area (Å²) in [6, 6.07) is 20.4. The van der Waals surface area contributed by atoms with Crippen LogP contribution in [0.2, 0.25) is 0 Å². The van der Waals surface area contributed by atoms with Crippen LogP contribution in [0.5, 0.6) is 11.5 Å². The average molecular weight is 458 g/mol. The minimum atomic E-state index is -0.301. The molecule has 0 aliphatic heterocycles. The summed E-state index contributed by atoms with van der Waals surface area (Å²) in [6.45, 7) is 0. The number of hydrogen-bond donors (Lipinski definition) is 1. The van der Waals surface area contributed by atoms with E-state index in [0.717, 1.165) is 16.1 Å². The van der Waals surface area contributed by atoms with E-state index >= 15 is 0 Å². The number of anilines is 1. The zero-order valence-electron chi connectivity index (χ0n) is 17.9. The van der Waals surface area contributed by atoms with Gasteiger partial charge in [-0.1, -0.05) is 24.3 Å². The summed E-state index contributed by atoms with van der Waals surface area (Å²) >= 11 is 1.58. The number of rotatable bonds is 6. The number of carbonyl (C=O) groups is 1. The van der Waals surface area contributed by atoms with E-state index in [4.69, 9.17) is 14.6 Å². The molecule has 164 valence electrons. The van der Waals surface area contributed by atoms with Gasteiger partial charge < -0.3 is 14.8 Å². The van der Waals surface area contributed by atoms with Crippen molar-refractivity contribution < 1.29 is 14.3 Å². The van der Waals surface area contributed by atoms with E-state index in [0.29, 0.717) is 34.2 Å². The maximum absolute atomic E-state index is 12.9. The molecule has 0 spiro atoms. The van der Waals surface area contributed by atoms with Crippen LogP contribution < -0.4 is 14.8 Å². The molecule has 5 aromatic rings. The number of carbonyl (C=O) groups excluding carboxylic acids is 1. The van der Waals surface area contributed by atoms with E-state index in [2.05, 4.69) is 15.5 Å². The van der Waals surface area contributed by atoms with E-state index in [1.807, 2.05) is 53.9 Å². The highest BCUT2D eigenvalue weighted by molar-refractivity contribution is 7.13. The fraction of sp³-hybridized carbons (Fsp3) is 0.0833. The minimum Gasteiger partial charge on any atom is -0.493 e. The van der Waals surface area contributed by atoms with E-state index in [9.17, 15) is 4.79 Å². The second kappa shape index (κ2) is 8.71. The first-order valence-electron chi connectivity index (χ1n) is 10.1. The molecule has 1 N–H and O–H groups in total. The fourth-order valence-corrected chi connectivity index (χ4v) is 4.22. The van der Waals surface area contributed by atoms with Crippen LogP contribution in [-0.4, -0.2) is 39.9 Å². The summed E-state index contributed by atoms with van der Waals surface area (Å²) in [5, 5.41) is 18.1. The molecule has 0 aliphatic rings. The Hall–Kier alpha value is -4.24. The van der Waals surface area contributed by atoms with Crippen LogP contribution in [0.15, 0.2) is 72.1 Å². The van der Waals surface area contributed by atoms with E-state index in [1.54, 1.807) is 34.1 Å². The van der Waals surface area contributed by atoms with Crippen LogP contribution in [-0.2, 0) is 0 Å². The maximum atomic E-state index is 12.9. The Morgan fingerprint density at radius 1 is 0.970 bits per heavy atom. The van der Waals surface area contributed by atoms with Gasteiger partial charge in [0.25, 0.3) is 5.91 Å². The second-order valence-electron chi connectivity index (χ2n) is 7.07. The molecule has 0 radical (unpaired) electrons. The van der Waals surface area contributed by atoms with Gasteiger partial charge in [0, 0.05) is 11.3 Å². The first-order chi connectivity index (χ1) is 16.2. The lowest BCUT2D eigenvalue weighted by Crippen LogP contribution is -2.13. The molecule has 0 saturated carbocycles. The van der Waals surface area contributed by atoms with Crippen LogP contribution in [0.1, 0.15) is 10.4 Å². The first kappa shape index (κ1) is 20.7. The van der Waals surface area contributed by atoms with E-state index in [-0.39, 0.29) is 5.91 Å². The van der Waals surface area contributed by atoms with Crippen molar-refractivity contribution in [3.05, 3.63) is 77.7 Å². The molecule has 33 heavy (non-hydrogen) atoms. The summed E-state index contributed by atoms with van der Waals surface area (Å²) < 4.78 is 12.4. The standard InChI is InChI=1S/C24H19N5O3S/c1-31-19-9-4-8-17(22(19)32-2)24(30)25-16-7-3-6-15(14-16)18-11-12-21-26-27-23(29(21)28-18)20-10-5-13-33-20/h3-14H,1-2H3,(H,25,30). The molecule has 0 saturated heterocycles. The summed E-state index contributed by atoms with van der Waals surface area (Å²) in [6.07, 6.45) is 0. The number of benzene rings is 2. The lowest BCUT2D eigenvalue weighted by atomic mass is 10.1. The molecule has 2 aromatic carbocycles. The number of nitrogens with one attached hydrogen (secondary N) is 1. The summed E-state index contributed by atoms with van der Waals surface area (Å²) in [7, 11) is 3.04. The van der Waals surface area contributed by atoms with Crippen LogP contribution in [0.4, 0.5) is 5.69 Å². The Bertz CT molecular complexity index is 1450. The Morgan fingerprint density at radius 2 is 1.85 bits per heavy atom. The zero-order chi connectivity index (χ0) is 22.8.